The Hall–Kier alpha value is -3.31. The SMILES string of the molecule is COC(=O)CC1c2ccc(NCc3cccc(-c4c(C)cc(OCC5CCOCC5)cc4C)c3C)cc2CC12CC2. The zero-order chi connectivity index (χ0) is 28.6. The maximum atomic E-state index is 12.1. The van der Waals surface area contributed by atoms with Crippen molar-refractivity contribution in [1.82, 2.24) is 0 Å². The van der Waals surface area contributed by atoms with Gasteiger partial charge in [-0.25, -0.2) is 0 Å². The number of nitrogens with one attached hydrogen (secondary N) is 1. The molecule has 2 aliphatic carbocycles. The van der Waals surface area contributed by atoms with Gasteiger partial charge in [-0.3, -0.25) is 4.79 Å². The van der Waals surface area contributed by atoms with Crippen LogP contribution in [0.2, 0.25) is 0 Å². The molecule has 5 nitrogen and oxygen atoms in total. The second-order valence-corrected chi connectivity index (χ2v) is 12.5. The van der Waals surface area contributed by atoms with Crippen molar-refractivity contribution in [3.8, 4) is 16.9 Å². The molecule has 5 heteroatoms. The highest BCUT2D eigenvalue weighted by atomic mass is 16.5. The van der Waals surface area contributed by atoms with E-state index >= 15 is 0 Å². The molecule has 2 fully saturated rings. The van der Waals surface area contributed by atoms with Crippen LogP contribution in [0.1, 0.15) is 71.4 Å². The first-order valence-corrected chi connectivity index (χ1v) is 15.2. The lowest BCUT2D eigenvalue weighted by Gasteiger charge is -2.23. The van der Waals surface area contributed by atoms with Gasteiger partial charge in [0.1, 0.15) is 5.75 Å². The van der Waals surface area contributed by atoms with E-state index in [0.29, 0.717) is 18.3 Å². The minimum absolute atomic E-state index is 0.102. The molecular weight excluding hydrogens is 510 g/mol. The van der Waals surface area contributed by atoms with Gasteiger partial charge >= 0.3 is 5.97 Å². The first kappa shape index (κ1) is 27.8. The fourth-order valence-electron chi connectivity index (χ4n) is 7.21. The number of aryl methyl sites for hydroxylation is 2. The van der Waals surface area contributed by atoms with Crippen LogP contribution >= 0.6 is 0 Å². The van der Waals surface area contributed by atoms with Gasteiger partial charge in [0.15, 0.2) is 0 Å². The van der Waals surface area contributed by atoms with Crippen LogP contribution in [-0.4, -0.2) is 32.9 Å². The monoisotopic (exact) mass is 553 g/mol. The molecular formula is C36H43NO4. The molecule has 0 bridgehead atoms. The van der Waals surface area contributed by atoms with Crippen molar-refractivity contribution in [2.75, 3.05) is 32.2 Å². The number of carbonyl (C=O) groups excluding carboxylic acids is 1. The standard InChI is InChI=1S/C36H43NO4/c1-23-16-30(41-22-26-10-14-40-15-11-26)17-24(2)35(23)31-7-5-6-27(25(31)3)21-37-29-8-9-32-28(18-29)20-36(12-13-36)33(32)19-34(38)39-4/h5-9,16-18,26,33,37H,10-15,19-22H2,1-4H3. The van der Waals surface area contributed by atoms with Crippen molar-refractivity contribution in [3.63, 3.8) is 0 Å². The largest absolute Gasteiger partial charge is 0.493 e. The number of benzene rings is 3. The zero-order valence-corrected chi connectivity index (χ0v) is 25.0. The molecule has 1 aliphatic heterocycles. The molecule has 1 spiro atoms. The Labute approximate surface area is 244 Å². The van der Waals surface area contributed by atoms with Gasteiger partial charge in [0.05, 0.1) is 20.1 Å². The summed E-state index contributed by atoms with van der Waals surface area (Å²) in [5.41, 5.74) is 11.8. The first-order chi connectivity index (χ1) is 19.9. The number of anilines is 1. The Bertz CT molecular complexity index is 1410. The minimum atomic E-state index is -0.102. The lowest BCUT2D eigenvalue weighted by molar-refractivity contribution is -0.141. The summed E-state index contributed by atoms with van der Waals surface area (Å²) in [4.78, 5) is 12.1. The normalized spacial score (nSPS) is 19.2. The van der Waals surface area contributed by atoms with Gasteiger partial charge in [-0.15, -0.1) is 0 Å². The molecule has 1 heterocycles. The highest BCUT2D eigenvalue weighted by Gasteiger charge is 2.54. The molecule has 0 amide bonds. The molecule has 1 saturated heterocycles. The van der Waals surface area contributed by atoms with Gasteiger partial charge in [-0.05, 0) is 133 Å². The molecule has 6 rings (SSSR count). The van der Waals surface area contributed by atoms with E-state index in [4.69, 9.17) is 14.2 Å². The van der Waals surface area contributed by atoms with Crippen molar-refractivity contribution in [3.05, 3.63) is 81.9 Å². The van der Waals surface area contributed by atoms with Crippen LogP contribution < -0.4 is 10.1 Å². The van der Waals surface area contributed by atoms with Gasteiger partial charge in [0, 0.05) is 31.4 Å². The summed E-state index contributed by atoms with van der Waals surface area (Å²) < 4.78 is 16.7. The van der Waals surface area contributed by atoms with Crippen molar-refractivity contribution >= 4 is 11.7 Å². The lowest BCUT2D eigenvalue weighted by atomic mass is 9.87. The molecule has 0 aromatic heterocycles. The summed E-state index contributed by atoms with van der Waals surface area (Å²) in [5, 5.41) is 3.69. The number of hydrogen-bond acceptors (Lipinski definition) is 5. The number of ether oxygens (including phenoxy) is 3. The number of fused-ring (bicyclic) bond motifs is 1. The second-order valence-electron chi connectivity index (χ2n) is 12.5. The van der Waals surface area contributed by atoms with Crippen LogP contribution in [0.25, 0.3) is 11.1 Å². The summed E-state index contributed by atoms with van der Waals surface area (Å²) in [6.07, 6.45) is 6.14. The van der Waals surface area contributed by atoms with E-state index in [1.54, 1.807) is 0 Å². The average Bonchev–Trinajstić information content (AvgIpc) is 3.69. The van der Waals surface area contributed by atoms with Crippen LogP contribution in [-0.2, 0) is 27.2 Å². The maximum Gasteiger partial charge on any atom is 0.306 e. The average molecular weight is 554 g/mol. The van der Waals surface area contributed by atoms with E-state index in [1.165, 1.54) is 64.5 Å². The van der Waals surface area contributed by atoms with Crippen LogP contribution in [0.15, 0.2) is 48.5 Å². The van der Waals surface area contributed by atoms with E-state index < -0.39 is 0 Å². The van der Waals surface area contributed by atoms with Gasteiger partial charge in [0.2, 0.25) is 0 Å². The van der Waals surface area contributed by atoms with E-state index in [-0.39, 0.29) is 11.4 Å². The molecule has 3 aliphatic rings. The van der Waals surface area contributed by atoms with Gasteiger partial charge in [-0.1, -0.05) is 24.3 Å². The summed E-state index contributed by atoms with van der Waals surface area (Å²) in [7, 11) is 1.49. The zero-order valence-electron chi connectivity index (χ0n) is 25.0. The predicted molar refractivity (Wildman–Crippen MR) is 164 cm³/mol. The maximum absolute atomic E-state index is 12.1. The highest BCUT2D eigenvalue weighted by molar-refractivity contribution is 5.76. The van der Waals surface area contributed by atoms with E-state index in [0.717, 1.165) is 57.1 Å². The number of carbonyl (C=O) groups is 1. The van der Waals surface area contributed by atoms with E-state index in [2.05, 4.69) is 74.6 Å². The van der Waals surface area contributed by atoms with Crippen LogP contribution in [0, 0.1) is 32.1 Å². The third-order valence-electron chi connectivity index (χ3n) is 9.82. The van der Waals surface area contributed by atoms with E-state index in [9.17, 15) is 4.79 Å². The molecule has 1 unspecified atom stereocenters. The van der Waals surface area contributed by atoms with Gasteiger partial charge in [-0.2, -0.15) is 0 Å². The molecule has 216 valence electrons. The Morgan fingerprint density at radius 3 is 2.49 bits per heavy atom. The van der Waals surface area contributed by atoms with Crippen molar-refractivity contribution < 1.29 is 19.0 Å². The Morgan fingerprint density at radius 1 is 1.02 bits per heavy atom. The van der Waals surface area contributed by atoms with Gasteiger partial charge in [0.25, 0.3) is 0 Å². The summed E-state index contributed by atoms with van der Waals surface area (Å²) >= 11 is 0. The molecule has 1 atom stereocenters. The number of rotatable bonds is 9. The third kappa shape index (κ3) is 5.74. The Morgan fingerprint density at radius 2 is 1.78 bits per heavy atom. The minimum Gasteiger partial charge on any atom is -0.493 e. The fourth-order valence-corrected chi connectivity index (χ4v) is 7.21. The van der Waals surface area contributed by atoms with Crippen molar-refractivity contribution in [2.45, 2.75) is 71.8 Å². The lowest BCUT2D eigenvalue weighted by Crippen LogP contribution is -2.21. The fraction of sp³-hybridized carbons (Fsp3) is 0.472. The van der Waals surface area contributed by atoms with E-state index in [1.807, 2.05) is 0 Å². The van der Waals surface area contributed by atoms with Crippen LogP contribution in [0.5, 0.6) is 5.75 Å². The molecule has 41 heavy (non-hydrogen) atoms. The topological polar surface area (TPSA) is 56.8 Å². The molecule has 0 radical (unpaired) electrons. The molecule has 3 aromatic carbocycles. The third-order valence-corrected chi connectivity index (χ3v) is 9.82. The summed E-state index contributed by atoms with van der Waals surface area (Å²) in [6, 6.07) is 17.7. The predicted octanol–water partition coefficient (Wildman–Crippen LogP) is 7.68. The molecule has 1 N–H and O–H groups in total. The highest BCUT2D eigenvalue weighted by Crippen LogP contribution is 2.64. The molecule has 3 aromatic rings. The van der Waals surface area contributed by atoms with Crippen molar-refractivity contribution in [1.29, 1.82) is 0 Å². The van der Waals surface area contributed by atoms with Gasteiger partial charge < -0.3 is 19.5 Å². The summed E-state index contributed by atoms with van der Waals surface area (Å²) in [5.74, 6) is 1.73. The smallest absolute Gasteiger partial charge is 0.306 e. The quantitative estimate of drug-likeness (QED) is 0.276. The number of esters is 1. The van der Waals surface area contributed by atoms with Crippen LogP contribution in [0.4, 0.5) is 5.69 Å². The Kier molecular flexibility index (Phi) is 7.82. The van der Waals surface area contributed by atoms with Crippen molar-refractivity contribution in [2.24, 2.45) is 11.3 Å². The number of hydrogen-bond donors (Lipinski definition) is 1. The number of methoxy groups -OCH3 is 1. The van der Waals surface area contributed by atoms with Crippen LogP contribution in [0.3, 0.4) is 0 Å². The first-order valence-electron chi connectivity index (χ1n) is 15.2. The molecule has 1 saturated carbocycles. The Balaban J connectivity index is 1.15. The summed E-state index contributed by atoms with van der Waals surface area (Å²) in [6.45, 7) is 9.84. The second kappa shape index (κ2) is 11.5.